The minimum atomic E-state index is -3.61. The van der Waals surface area contributed by atoms with Gasteiger partial charge in [-0.15, -0.1) is 0 Å². The molecule has 1 aromatic rings. The Bertz CT molecular complexity index is 542. The third-order valence-electron chi connectivity index (χ3n) is 3.46. The third-order valence-corrected chi connectivity index (χ3v) is 5.12. The van der Waals surface area contributed by atoms with Crippen LogP contribution >= 0.6 is 0 Å². The highest BCUT2D eigenvalue weighted by Gasteiger charge is 2.27. The molecule has 1 aliphatic rings. The molecule has 2 unspecified atom stereocenters. The molecule has 1 aromatic carbocycles. The van der Waals surface area contributed by atoms with E-state index in [1.54, 1.807) is 6.92 Å². The molecule has 1 saturated carbocycles. The van der Waals surface area contributed by atoms with Crippen molar-refractivity contribution in [3.8, 4) is 0 Å². The van der Waals surface area contributed by atoms with Crippen LogP contribution in [0.5, 0.6) is 0 Å². The predicted octanol–water partition coefficient (Wildman–Crippen LogP) is 2.60. The summed E-state index contributed by atoms with van der Waals surface area (Å²) in [5, 5.41) is 0. The van der Waals surface area contributed by atoms with Crippen LogP contribution < -0.4 is 4.72 Å². The second-order valence-corrected chi connectivity index (χ2v) is 6.83. The zero-order valence-electron chi connectivity index (χ0n) is 10.6. The molecule has 0 bridgehead atoms. The molecule has 1 N–H and O–H groups in total. The molecule has 1 aliphatic carbocycles. The summed E-state index contributed by atoms with van der Waals surface area (Å²) in [5.41, 5.74) is 0.565. The standard InChI is InChI=1S/C13H18FNO2S/c1-9-3-6-12(7-9)15-18(16,17)13-8-11(14)5-4-10(13)2/h4-5,8-9,12,15H,3,6-7H2,1-2H3. The number of rotatable bonds is 3. The lowest BCUT2D eigenvalue weighted by atomic mass is 10.1. The Labute approximate surface area is 107 Å². The van der Waals surface area contributed by atoms with Gasteiger partial charge in [0.2, 0.25) is 10.0 Å². The van der Waals surface area contributed by atoms with Crippen molar-refractivity contribution in [1.82, 2.24) is 4.72 Å². The fourth-order valence-corrected chi connectivity index (χ4v) is 4.00. The van der Waals surface area contributed by atoms with E-state index >= 15 is 0 Å². The lowest BCUT2D eigenvalue weighted by Gasteiger charge is -2.14. The first kappa shape index (κ1) is 13.5. The topological polar surface area (TPSA) is 46.2 Å². The molecule has 0 heterocycles. The van der Waals surface area contributed by atoms with Gasteiger partial charge in [0.05, 0.1) is 4.90 Å². The number of hydrogen-bond donors (Lipinski definition) is 1. The molecule has 5 heteroatoms. The number of hydrogen-bond acceptors (Lipinski definition) is 2. The van der Waals surface area contributed by atoms with Crippen molar-refractivity contribution in [1.29, 1.82) is 0 Å². The number of nitrogens with one attached hydrogen (secondary N) is 1. The highest BCUT2D eigenvalue weighted by molar-refractivity contribution is 7.89. The molecular weight excluding hydrogens is 253 g/mol. The molecule has 18 heavy (non-hydrogen) atoms. The van der Waals surface area contributed by atoms with Crippen LogP contribution in [0.25, 0.3) is 0 Å². The van der Waals surface area contributed by atoms with Gasteiger partial charge < -0.3 is 0 Å². The van der Waals surface area contributed by atoms with E-state index in [4.69, 9.17) is 0 Å². The summed E-state index contributed by atoms with van der Waals surface area (Å²) < 4.78 is 40.2. The van der Waals surface area contributed by atoms with E-state index in [-0.39, 0.29) is 10.9 Å². The number of aryl methyl sites for hydroxylation is 1. The quantitative estimate of drug-likeness (QED) is 0.918. The molecule has 0 radical (unpaired) electrons. The van der Waals surface area contributed by atoms with Crippen LogP contribution in [0.15, 0.2) is 23.1 Å². The molecule has 0 amide bonds. The van der Waals surface area contributed by atoms with Crippen LogP contribution in [0.1, 0.15) is 31.7 Å². The highest BCUT2D eigenvalue weighted by atomic mass is 32.2. The van der Waals surface area contributed by atoms with Gasteiger partial charge in [-0.05, 0) is 49.8 Å². The van der Waals surface area contributed by atoms with E-state index in [1.807, 2.05) is 0 Å². The number of halogens is 1. The lowest BCUT2D eigenvalue weighted by Crippen LogP contribution is -2.33. The zero-order chi connectivity index (χ0) is 13.3. The van der Waals surface area contributed by atoms with Crippen LogP contribution in [0.3, 0.4) is 0 Å². The van der Waals surface area contributed by atoms with E-state index in [0.29, 0.717) is 11.5 Å². The van der Waals surface area contributed by atoms with Crippen LogP contribution in [0.4, 0.5) is 4.39 Å². The van der Waals surface area contributed by atoms with Crippen LogP contribution in [-0.4, -0.2) is 14.5 Å². The second kappa shape index (κ2) is 4.97. The largest absolute Gasteiger partial charge is 0.241 e. The molecule has 0 aromatic heterocycles. The fourth-order valence-electron chi connectivity index (χ4n) is 2.46. The summed E-state index contributed by atoms with van der Waals surface area (Å²) in [6.45, 7) is 3.78. The smallest absolute Gasteiger partial charge is 0.208 e. The van der Waals surface area contributed by atoms with E-state index in [1.165, 1.54) is 12.1 Å². The SMILES string of the molecule is Cc1ccc(F)cc1S(=O)(=O)NC1CCC(C)C1. The van der Waals surface area contributed by atoms with Crippen molar-refractivity contribution in [2.24, 2.45) is 5.92 Å². The van der Waals surface area contributed by atoms with Gasteiger partial charge in [0.1, 0.15) is 5.82 Å². The Hall–Kier alpha value is -0.940. The maximum atomic E-state index is 13.2. The summed E-state index contributed by atoms with van der Waals surface area (Å²) in [6.07, 6.45) is 2.75. The van der Waals surface area contributed by atoms with E-state index in [0.717, 1.165) is 25.3 Å². The highest BCUT2D eigenvalue weighted by Crippen LogP contribution is 2.26. The minimum Gasteiger partial charge on any atom is -0.208 e. The summed E-state index contributed by atoms with van der Waals surface area (Å²) in [6, 6.07) is 3.82. The van der Waals surface area contributed by atoms with E-state index in [2.05, 4.69) is 11.6 Å². The first-order valence-electron chi connectivity index (χ1n) is 6.17. The molecule has 0 saturated heterocycles. The minimum absolute atomic E-state index is 0.0207. The Morgan fingerprint density at radius 3 is 2.67 bits per heavy atom. The van der Waals surface area contributed by atoms with Crippen LogP contribution in [0, 0.1) is 18.7 Å². The molecule has 2 atom stereocenters. The predicted molar refractivity (Wildman–Crippen MR) is 68.3 cm³/mol. The summed E-state index contributed by atoms with van der Waals surface area (Å²) in [4.78, 5) is 0.0436. The van der Waals surface area contributed by atoms with Crippen LogP contribution in [-0.2, 0) is 10.0 Å². The Morgan fingerprint density at radius 2 is 2.06 bits per heavy atom. The first-order valence-corrected chi connectivity index (χ1v) is 7.65. The monoisotopic (exact) mass is 271 g/mol. The van der Waals surface area contributed by atoms with Crippen LogP contribution in [0.2, 0.25) is 0 Å². The molecule has 0 aliphatic heterocycles. The molecule has 100 valence electrons. The second-order valence-electron chi connectivity index (χ2n) is 5.15. The van der Waals surface area contributed by atoms with Gasteiger partial charge in [-0.2, -0.15) is 0 Å². The molecule has 3 nitrogen and oxygen atoms in total. The summed E-state index contributed by atoms with van der Waals surface area (Å²) in [5.74, 6) is 0.0204. The van der Waals surface area contributed by atoms with Gasteiger partial charge in [0, 0.05) is 6.04 Å². The van der Waals surface area contributed by atoms with Gasteiger partial charge >= 0.3 is 0 Å². The summed E-state index contributed by atoms with van der Waals surface area (Å²) in [7, 11) is -3.61. The summed E-state index contributed by atoms with van der Waals surface area (Å²) >= 11 is 0. The van der Waals surface area contributed by atoms with Gasteiger partial charge in [-0.1, -0.05) is 13.0 Å². The van der Waals surface area contributed by atoms with Crippen molar-refractivity contribution in [3.63, 3.8) is 0 Å². The molecule has 2 rings (SSSR count). The van der Waals surface area contributed by atoms with Crippen molar-refractivity contribution in [2.75, 3.05) is 0 Å². The van der Waals surface area contributed by atoms with Gasteiger partial charge in [-0.3, -0.25) is 0 Å². The number of sulfonamides is 1. The van der Waals surface area contributed by atoms with Gasteiger partial charge in [-0.25, -0.2) is 17.5 Å². The Morgan fingerprint density at radius 1 is 1.33 bits per heavy atom. The Balaban J connectivity index is 2.23. The van der Waals surface area contributed by atoms with Crippen molar-refractivity contribution >= 4 is 10.0 Å². The van der Waals surface area contributed by atoms with E-state index < -0.39 is 15.8 Å². The number of benzene rings is 1. The molecule has 0 spiro atoms. The average molecular weight is 271 g/mol. The molecular formula is C13H18FNO2S. The average Bonchev–Trinajstić information content (AvgIpc) is 2.66. The van der Waals surface area contributed by atoms with Crippen molar-refractivity contribution in [2.45, 2.75) is 44.0 Å². The maximum Gasteiger partial charge on any atom is 0.241 e. The first-order chi connectivity index (χ1) is 8.38. The maximum absolute atomic E-state index is 13.2. The molecule has 1 fully saturated rings. The van der Waals surface area contributed by atoms with Crippen molar-refractivity contribution in [3.05, 3.63) is 29.6 Å². The normalized spacial score (nSPS) is 24.4. The Kier molecular flexibility index (Phi) is 3.73. The lowest BCUT2D eigenvalue weighted by molar-refractivity contribution is 0.536. The zero-order valence-corrected chi connectivity index (χ0v) is 11.4. The third kappa shape index (κ3) is 2.90. The van der Waals surface area contributed by atoms with Crippen molar-refractivity contribution < 1.29 is 12.8 Å². The fraction of sp³-hybridized carbons (Fsp3) is 0.538. The van der Waals surface area contributed by atoms with Gasteiger partial charge in [0.15, 0.2) is 0 Å². The van der Waals surface area contributed by atoms with Gasteiger partial charge in [0.25, 0.3) is 0 Å². The van der Waals surface area contributed by atoms with E-state index in [9.17, 15) is 12.8 Å².